The van der Waals surface area contributed by atoms with Crippen molar-refractivity contribution < 1.29 is 9.59 Å². The van der Waals surface area contributed by atoms with Gasteiger partial charge in [0.2, 0.25) is 11.8 Å². The summed E-state index contributed by atoms with van der Waals surface area (Å²) >= 11 is 1.50. The van der Waals surface area contributed by atoms with Gasteiger partial charge in [0.25, 0.3) is 0 Å². The molecule has 0 spiro atoms. The standard InChI is InChI=1S/C14H17N3O2S/c15-10(8-1-2-8)6-13(18)16-9-3-4-12-11(5-9)17-14(19)7-20-12/h3-5,8,10H,1-2,6-7,15H2,(H,16,18)(H,17,19). The molecule has 20 heavy (non-hydrogen) atoms. The molecule has 1 heterocycles. The summed E-state index contributed by atoms with van der Waals surface area (Å²) in [4.78, 5) is 24.3. The van der Waals surface area contributed by atoms with Gasteiger partial charge in [-0.3, -0.25) is 9.59 Å². The van der Waals surface area contributed by atoms with E-state index >= 15 is 0 Å². The molecule has 6 heteroatoms. The van der Waals surface area contributed by atoms with Crippen LogP contribution in [0.25, 0.3) is 0 Å². The third kappa shape index (κ3) is 3.13. The van der Waals surface area contributed by atoms with Crippen LogP contribution in [0, 0.1) is 5.92 Å². The van der Waals surface area contributed by atoms with Crippen molar-refractivity contribution in [3.63, 3.8) is 0 Å². The second-order valence-corrected chi connectivity index (χ2v) is 6.32. The predicted molar refractivity (Wildman–Crippen MR) is 79.7 cm³/mol. The summed E-state index contributed by atoms with van der Waals surface area (Å²) in [6, 6.07) is 5.52. The van der Waals surface area contributed by atoms with Gasteiger partial charge in [-0.2, -0.15) is 0 Å². The Bertz CT molecular complexity index is 557. The molecule has 2 amide bonds. The maximum atomic E-state index is 11.9. The molecule has 0 bridgehead atoms. The lowest BCUT2D eigenvalue weighted by Crippen LogP contribution is -2.28. The Kier molecular flexibility index (Phi) is 3.67. The molecule has 5 nitrogen and oxygen atoms in total. The Labute approximate surface area is 121 Å². The van der Waals surface area contributed by atoms with Gasteiger partial charge in [-0.05, 0) is 37.0 Å². The summed E-state index contributed by atoms with van der Waals surface area (Å²) in [5.41, 5.74) is 7.40. The summed E-state index contributed by atoms with van der Waals surface area (Å²) in [5.74, 6) is 0.871. The van der Waals surface area contributed by atoms with Gasteiger partial charge in [0.15, 0.2) is 0 Å². The van der Waals surface area contributed by atoms with Gasteiger partial charge < -0.3 is 16.4 Å². The number of carbonyl (C=O) groups is 2. The lowest BCUT2D eigenvalue weighted by molar-refractivity contribution is -0.116. The van der Waals surface area contributed by atoms with E-state index in [0.717, 1.165) is 23.4 Å². The molecule has 1 aliphatic heterocycles. The number of hydrogen-bond donors (Lipinski definition) is 3. The van der Waals surface area contributed by atoms with Crippen molar-refractivity contribution >= 4 is 35.0 Å². The van der Waals surface area contributed by atoms with Crippen molar-refractivity contribution in [2.45, 2.75) is 30.2 Å². The molecule has 0 radical (unpaired) electrons. The summed E-state index contributed by atoms with van der Waals surface area (Å²) in [7, 11) is 0. The summed E-state index contributed by atoms with van der Waals surface area (Å²) in [6.07, 6.45) is 2.62. The van der Waals surface area contributed by atoms with E-state index in [9.17, 15) is 9.59 Å². The average Bonchev–Trinajstić information content (AvgIpc) is 3.22. The Morgan fingerprint density at radius 1 is 1.50 bits per heavy atom. The monoisotopic (exact) mass is 291 g/mol. The number of fused-ring (bicyclic) bond motifs is 1. The van der Waals surface area contributed by atoms with Gasteiger partial charge >= 0.3 is 0 Å². The zero-order valence-electron chi connectivity index (χ0n) is 11.0. The first-order chi connectivity index (χ1) is 9.61. The molecule has 0 saturated heterocycles. The maximum Gasteiger partial charge on any atom is 0.234 e. The molecular weight excluding hydrogens is 274 g/mol. The summed E-state index contributed by atoms with van der Waals surface area (Å²) in [6.45, 7) is 0. The second kappa shape index (κ2) is 5.46. The van der Waals surface area contributed by atoms with Gasteiger partial charge in [-0.1, -0.05) is 0 Å². The number of nitrogens with one attached hydrogen (secondary N) is 2. The van der Waals surface area contributed by atoms with Crippen LogP contribution < -0.4 is 16.4 Å². The van der Waals surface area contributed by atoms with E-state index in [1.54, 1.807) is 6.07 Å². The normalized spacial score (nSPS) is 18.9. The van der Waals surface area contributed by atoms with Crippen LogP contribution in [-0.2, 0) is 9.59 Å². The van der Waals surface area contributed by atoms with Gasteiger partial charge in [0.05, 0.1) is 11.4 Å². The van der Waals surface area contributed by atoms with Crippen LogP contribution in [0.3, 0.4) is 0 Å². The van der Waals surface area contributed by atoms with Crippen LogP contribution in [0.5, 0.6) is 0 Å². The van der Waals surface area contributed by atoms with Crippen molar-refractivity contribution in [3.05, 3.63) is 18.2 Å². The van der Waals surface area contributed by atoms with Crippen LogP contribution in [-0.4, -0.2) is 23.6 Å². The fourth-order valence-electron chi connectivity index (χ4n) is 2.28. The molecule has 1 atom stereocenters. The number of carbonyl (C=O) groups excluding carboxylic acids is 2. The maximum absolute atomic E-state index is 11.9. The minimum absolute atomic E-state index is 0.0123. The lowest BCUT2D eigenvalue weighted by Gasteiger charge is -2.17. The Morgan fingerprint density at radius 2 is 2.30 bits per heavy atom. The van der Waals surface area contributed by atoms with Gasteiger partial charge in [0.1, 0.15) is 0 Å². The highest BCUT2D eigenvalue weighted by Gasteiger charge is 2.29. The Morgan fingerprint density at radius 3 is 3.05 bits per heavy atom. The molecule has 1 aromatic rings. The molecule has 1 saturated carbocycles. The predicted octanol–water partition coefficient (Wildman–Crippen LogP) is 1.80. The molecule has 1 aliphatic carbocycles. The highest BCUT2D eigenvalue weighted by molar-refractivity contribution is 8.00. The zero-order chi connectivity index (χ0) is 14.1. The van der Waals surface area contributed by atoms with Crippen LogP contribution in [0.2, 0.25) is 0 Å². The smallest absolute Gasteiger partial charge is 0.234 e. The number of nitrogens with two attached hydrogens (primary N) is 1. The highest BCUT2D eigenvalue weighted by Crippen LogP contribution is 2.34. The van der Waals surface area contributed by atoms with E-state index in [-0.39, 0.29) is 17.9 Å². The van der Waals surface area contributed by atoms with Crippen LogP contribution in [0.1, 0.15) is 19.3 Å². The van der Waals surface area contributed by atoms with Crippen LogP contribution in [0.4, 0.5) is 11.4 Å². The molecule has 1 aromatic carbocycles. The number of hydrogen-bond acceptors (Lipinski definition) is 4. The van der Waals surface area contributed by atoms with E-state index in [1.807, 2.05) is 12.1 Å². The SMILES string of the molecule is NC(CC(=O)Nc1ccc2c(c1)NC(=O)CS2)C1CC1. The van der Waals surface area contributed by atoms with E-state index < -0.39 is 0 Å². The molecule has 1 fully saturated rings. The van der Waals surface area contributed by atoms with Gasteiger partial charge in [0, 0.05) is 23.0 Å². The quantitative estimate of drug-likeness (QED) is 0.789. The summed E-state index contributed by atoms with van der Waals surface area (Å²) in [5, 5.41) is 5.65. The number of amides is 2. The van der Waals surface area contributed by atoms with E-state index in [4.69, 9.17) is 5.73 Å². The number of rotatable bonds is 4. The molecular formula is C14H17N3O2S. The Hall–Kier alpha value is -1.53. The topological polar surface area (TPSA) is 84.2 Å². The highest BCUT2D eigenvalue weighted by atomic mass is 32.2. The van der Waals surface area contributed by atoms with Crippen molar-refractivity contribution in [1.82, 2.24) is 0 Å². The van der Waals surface area contributed by atoms with E-state index in [2.05, 4.69) is 10.6 Å². The fraction of sp³-hybridized carbons (Fsp3) is 0.429. The molecule has 106 valence electrons. The molecule has 0 aromatic heterocycles. The largest absolute Gasteiger partial charge is 0.327 e. The molecule has 2 aliphatic rings. The fourth-order valence-corrected chi connectivity index (χ4v) is 3.07. The third-order valence-electron chi connectivity index (χ3n) is 3.54. The van der Waals surface area contributed by atoms with Crippen molar-refractivity contribution in [2.24, 2.45) is 11.7 Å². The first-order valence-electron chi connectivity index (χ1n) is 6.74. The third-order valence-corrected chi connectivity index (χ3v) is 4.62. The van der Waals surface area contributed by atoms with E-state index in [1.165, 1.54) is 11.8 Å². The van der Waals surface area contributed by atoms with Crippen molar-refractivity contribution in [1.29, 1.82) is 0 Å². The molecule has 3 rings (SSSR count). The molecule has 1 unspecified atom stereocenters. The van der Waals surface area contributed by atoms with Crippen molar-refractivity contribution in [3.8, 4) is 0 Å². The number of thioether (sulfide) groups is 1. The van der Waals surface area contributed by atoms with Gasteiger partial charge in [-0.15, -0.1) is 11.8 Å². The minimum atomic E-state index is -0.0702. The van der Waals surface area contributed by atoms with E-state index in [0.29, 0.717) is 23.8 Å². The minimum Gasteiger partial charge on any atom is -0.327 e. The van der Waals surface area contributed by atoms with Crippen molar-refractivity contribution in [2.75, 3.05) is 16.4 Å². The number of anilines is 2. The first kappa shape index (κ1) is 13.5. The number of benzene rings is 1. The molecule has 4 N–H and O–H groups in total. The zero-order valence-corrected chi connectivity index (χ0v) is 11.8. The lowest BCUT2D eigenvalue weighted by atomic mass is 10.1. The Balaban J connectivity index is 1.63. The van der Waals surface area contributed by atoms with Crippen LogP contribution in [0.15, 0.2) is 23.1 Å². The first-order valence-corrected chi connectivity index (χ1v) is 7.72. The van der Waals surface area contributed by atoms with Gasteiger partial charge in [-0.25, -0.2) is 0 Å². The van der Waals surface area contributed by atoms with Crippen LogP contribution >= 0.6 is 11.8 Å². The summed E-state index contributed by atoms with van der Waals surface area (Å²) < 4.78 is 0. The average molecular weight is 291 g/mol. The second-order valence-electron chi connectivity index (χ2n) is 5.30.